The van der Waals surface area contributed by atoms with Crippen molar-refractivity contribution in [2.24, 2.45) is 4.99 Å². The van der Waals surface area contributed by atoms with E-state index in [1.165, 1.54) is 0 Å². The van der Waals surface area contributed by atoms with Gasteiger partial charge in [0.25, 0.3) is 6.04 Å². The number of esters is 1. The molecule has 0 saturated heterocycles. The summed E-state index contributed by atoms with van der Waals surface area (Å²) in [5.41, 5.74) is -0.985. The van der Waals surface area contributed by atoms with Crippen LogP contribution in [0, 0.1) is 12.4 Å². The lowest BCUT2D eigenvalue weighted by Gasteiger charge is -2.28. The van der Waals surface area contributed by atoms with Crippen molar-refractivity contribution in [3.8, 4) is 0 Å². The summed E-state index contributed by atoms with van der Waals surface area (Å²) in [6, 6.07) is 1.16. The Kier molecular flexibility index (Phi) is 6.60. The molecule has 0 spiro atoms. The first-order valence-corrected chi connectivity index (χ1v) is 8.84. The predicted molar refractivity (Wildman–Crippen MR) is 96.2 cm³/mol. The van der Waals surface area contributed by atoms with Crippen LogP contribution in [0.25, 0.3) is 4.85 Å². The van der Waals surface area contributed by atoms with Gasteiger partial charge in [-0.1, -0.05) is 19.4 Å². The summed E-state index contributed by atoms with van der Waals surface area (Å²) in [5, 5.41) is 0. The lowest BCUT2D eigenvalue weighted by atomic mass is 9.77. The molecule has 1 aromatic carbocycles. The Labute approximate surface area is 160 Å². The molecule has 2 unspecified atom stereocenters. The molecule has 0 N–H and O–H groups in total. The number of rotatable bonds is 5. The van der Waals surface area contributed by atoms with Crippen LogP contribution in [0.5, 0.6) is 0 Å². The van der Waals surface area contributed by atoms with Gasteiger partial charge in [0.2, 0.25) is 0 Å². The van der Waals surface area contributed by atoms with Gasteiger partial charge < -0.3 is 9.58 Å². The van der Waals surface area contributed by atoms with Gasteiger partial charge in [0.1, 0.15) is 5.82 Å². The van der Waals surface area contributed by atoms with E-state index in [-0.39, 0.29) is 17.7 Å². The first kappa shape index (κ1) is 21.6. The maximum atomic E-state index is 13.6. The maximum Gasteiger partial charge on any atom is 0.416 e. The highest BCUT2D eigenvalue weighted by atomic mass is 19.4. The Bertz CT molecular complexity index is 866. The molecular formula is C20H20F4N2O2. The van der Waals surface area contributed by atoms with Crippen molar-refractivity contribution < 1.29 is 27.1 Å². The summed E-state index contributed by atoms with van der Waals surface area (Å²) in [4.78, 5) is 20.4. The number of ether oxygens (including phenoxy) is 1. The van der Waals surface area contributed by atoms with Crippen molar-refractivity contribution in [3.63, 3.8) is 0 Å². The van der Waals surface area contributed by atoms with Gasteiger partial charge in [-0.3, -0.25) is 4.99 Å². The molecule has 0 fully saturated rings. The average Bonchev–Trinajstić information content (AvgIpc) is 2.61. The van der Waals surface area contributed by atoms with E-state index in [9.17, 15) is 22.4 Å². The monoisotopic (exact) mass is 396 g/mol. The number of aliphatic imine (C=N–C) groups is 1. The molecule has 0 amide bonds. The van der Waals surface area contributed by atoms with Crippen LogP contribution in [0.3, 0.4) is 0 Å². The van der Waals surface area contributed by atoms with Gasteiger partial charge in [0.05, 0.1) is 35.1 Å². The van der Waals surface area contributed by atoms with Gasteiger partial charge in [0.15, 0.2) is 0 Å². The standard InChI is InChI=1S/C20H20F4N2O2/c1-5-7-15-17(19(27)28-6-2)16(18(25-4)11(3)26-15)13-9-8-12(21)10-14(13)20(22,23)24/h8-10,16,18H,5-7H2,1-3H3. The smallest absolute Gasteiger partial charge is 0.416 e. The molecule has 2 rings (SSSR count). The molecule has 1 aliphatic heterocycles. The summed E-state index contributed by atoms with van der Waals surface area (Å²) in [6.07, 6.45) is -3.91. The summed E-state index contributed by atoms with van der Waals surface area (Å²) in [7, 11) is 0. The average molecular weight is 396 g/mol. The van der Waals surface area contributed by atoms with E-state index in [1.807, 2.05) is 6.92 Å². The predicted octanol–water partition coefficient (Wildman–Crippen LogP) is 5.31. The number of benzene rings is 1. The van der Waals surface area contributed by atoms with Gasteiger partial charge in [-0.05, 0) is 38.0 Å². The molecule has 0 radical (unpaired) electrons. The zero-order chi connectivity index (χ0) is 21.1. The van der Waals surface area contributed by atoms with E-state index < -0.39 is 35.5 Å². The Hall–Kier alpha value is -2.69. The van der Waals surface area contributed by atoms with Crippen molar-refractivity contribution in [2.75, 3.05) is 6.61 Å². The Morgan fingerprint density at radius 2 is 2.00 bits per heavy atom. The molecule has 0 aliphatic carbocycles. The van der Waals surface area contributed by atoms with Gasteiger partial charge >= 0.3 is 12.1 Å². The van der Waals surface area contributed by atoms with Crippen LogP contribution in [0.1, 0.15) is 50.7 Å². The molecule has 1 heterocycles. The minimum absolute atomic E-state index is 0.0232. The fraction of sp³-hybridized carbons (Fsp3) is 0.450. The van der Waals surface area contributed by atoms with Crippen LogP contribution >= 0.6 is 0 Å². The third kappa shape index (κ3) is 4.24. The number of nitrogens with zero attached hydrogens (tertiary/aromatic N) is 2. The van der Waals surface area contributed by atoms with Crippen LogP contribution in [0.4, 0.5) is 17.6 Å². The Morgan fingerprint density at radius 3 is 2.54 bits per heavy atom. The quantitative estimate of drug-likeness (QED) is 0.385. The van der Waals surface area contributed by atoms with E-state index in [1.54, 1.807) is 13.8 Å². The highest BCUT2D eigenvalue weighted by Crippen LogP contribution is 2.44. The largest absolute Gasteiger partial charge is 0.463 e. The maximum absolute atomic E-state index is 13.6. The SMILES string of the molecule is [C-]#[N+]C1C(C)=NC(CCC)=C(C(=O)OCC)C1c1ccc(F)cc1C(F)(F)F. The number of carbonyl (C=O) groups is 1. The Balaban J connectivity index is 2.82. The highest BCUT2D eigenvalue weighted by Gasteiger charge is 2.46. The molecule has 28 heavy (non-hydrogen) atoms. The first-order chi connectivity index (χ1) is 13.1. The number of carbonyl (C=O) groups excluding carboxylic acids is 1. The molecule has 8 heteroatoms. The number of hydrogen-bond donors (Lipinski definition) is 0. The molecule has 1 aromatic rings. The number of allylic oxidation sites excluding steroid dienone is 1. The third-order valence-corrected chi connectivity index (χ3v) is 4.45. The molecule has 0 saturated carbocycles. The minimum atomic E-state index is -4.85. The molecule has 2 atom stereocenters. The first-order valence-electron chi connectivity index (χ1n) is 8.84. The third-order valence-electron chi connectivity index (χ3n) is 4.45. The van der Waals surface area contributed by atoms with Crippen LogP contribution in [-0.2, 0) is 15.7 Å². The molecular weight excluding hydrogens is 376 g/mol. The van der Waals surface area contributed by atoms with Crippen molar-refractivity contribution >= 4 is 11.7 Å². The van der Waals surface area contributed by atoms with Gasteiger partial charge in [-0.25, -0.2) is 15.8 Å². The van der Waals surface area contributed by atoms with Gasteiger partial charge in [-0.15, -0.1) is 0 Å². The molecule has 4 nitrogen and oxygen atoms in total. The lowest BCUT2D eigenvalue weighted by Crippen LogP contribution is -2.34. The van der Waals surface area contributed by atoms with Gasteiger partial charge in [0, 0.05) is 0 Å². The van der Waals surface area contributed by atoms with Crippen molar-refractivity contribution in [1.82, 2.24) is 0 Å². The minimum Gasteiger partial charge on any atom is -0.463 e. The number of halogens is 4. The van der Waals surface area contributed by atoms with E-state index in [4.69, 9.17) is 11.3 Å². The highest BCUT2D eigenvalue weighted by molar-refractivity contribution is 6.00. The molecule has 1 aliphatic rings. The normalized spacial score (nSPS) is 19.9. The topological polar surface area (TPSA) is 43.0 Å². The second-order valence-corrected chi connectivity index (χ2v) is 6.36. The van der Waals surface area contributed by atoms with Crippen molar-refractivity contribution in [3.05, 3.63) is 57.8 Å². The fourth-order valence-corrected chi connectivity index (χ4v) is 3.34. The number of alkyl halides is 3. The summed E-state index contributed by atoms with van der Waals surface area (Å²) in [5.74, 6) is -3.10. The summed E-state index contributed by atoms with van der Waals surface area (Å²) < 4.78 is 59.5. The van der Waals surface area contributed by atoms with Crippen LogP contribution in [0.2, 0.25) is 0 Å². The van der Waals surface area contributed by atoms with Crippen molar-refractivity contribution in [1.29, 1.82) is 0 Å². The van der Waals surface area contributed by atoms with E-state index in [0.29, 0.717) is 30.3 Å². The van der Waals surface area contributed by atoms with Crippen LogP contribution in [0.15, 0.2) is 34.5 Å². The second-order valence-electron chi connectivity index (χ2n) is 6.36. The van der Waals surface area contributed by atoms with Crippen LogP contribution < -0.4 is 0 Å². The second kappa shape index (κ2) is 8.55. The van der Waals surface area contributed by atoms with E-state index in [0.717, 1.165) is 12.1 Å². The van der Waals surface area contributed by atoms with E-state index in [2.05, 4.69) is 9.84 Å². The molecule has 0 bridgehead atoms. The fourth-order valence-electron chi connectivity index (χ4n) is 3.34. The molecule has 0 aromatic heterocycles. The molecule has 150 valence electrons. The van der Waals surface area contributed by atoms with Crippen molar-refractivity contribution in [2.45, 2.75) is 51.7 Å². The van der Waals surface area contributed by atoms with Crippen LogP contribution in [-0.4, -0.2) is 24.3 Å². The summed E-state index contributed by atoms with van der Waals surface area (Å²) >= 11 is 0. The number of hydrogen-bond acceptors (Lipinski definition) is 3. The zero-order valence-corrected chi connectivity index (χ0v) is 15.7. The zero-order valence-electron chi connectivity index (χ0n) is 15.7. The summed E-state index contributed by atoms with van der Waals surface area (Å²) in [6.45, 7) is 12.5. The van der Waals surface area contributed by atoms with E-state index >= 15 is 0 Å². The Morgan fingerprint density at radius 1 is 1.32 bits per heavy atom. The lowest BCUT2D eigenvalue weighted by molar-refractivity contribution is -0.141. The van der Waals surface area contributed by atoms with Gasteiger partial charge in [-0.2, -0.15) is 13.2 Å².